The average molecular weight is 589 g/mol. The van der Waals surface area contributed by atoms with Crippen molar-refractivity contribution in [2.24, 2.45) is 0 Å². The van der Waals surface area contributed by atoms with Crippen molar-refractivity contribution in [2.45, 2.75) is 130 Å². The minimum Gasteiger partial charge on any atom is -0.455 e. The normalized spacial score (nSPS) is 14.8. The Hall–Kier alpha value is -2.13. The Labute approximate surface area is 238 Å². The molecule has 0 fully saturated rings. The molecule has 0 saturated heterocycles. The van der Waals surface area contributed by atoms with E-state index in [2.05, 4.69) is 58.1 Å². The number of nitrogens with one attached hydrogen (secondary N) is 6. The minimum absolute atomic E-state index is 0.00180. The van der Waals surface area contributed by atoms with Crippen LogP contribution in [0, 0.1) is 0 Å². The highest BCUT2D eigenvalue weighted by atomic mass is 28.4. The van der Waals surface area contributed by atoms with Gasteiger partial charge in [-0.3, -0.25) is 9.59 Å². The zero-order valence-corrected chi connectivity index (χ0v) is 28.0. The average Bonchev–Trinajstić information content (AvgIpc) is 2.71. The standard InChI is InChI=1S/C26H56N6O5Si2/c1-19(29-23(5)33)17-21(3)31-25(35)27-13-11-15-38(7,8)37-39(9,10)16-12-14-28-26(36)32-22(4)18-20(2)30-24(6)34/h19-22H,11-18H2,1-10H3,(H,29,33)(H,30,34)(H2,27,31,35)(H2,28,32,36). The second-order valence-corrected chi connectivity index (χ2v) is 21.0. The van der Waals surface area contributed by atoms with Crippen LogP contribution in [0.4, 0.5) is 9.59 Å². The van der Waals surface area contributed by atoms with E-state index in [1.54, 1.807) is 0 Å². The summed E-state index contributed by atoms with van der Waals surface area (Å²) in [6.07, 6.45) is 3.04. The highest BCUT2D eigenvalue weighted by Gasteiger charge is 2.32. The summed E-state index contributed by atoms with van der Waals surface area (Å²) < 4.78 is 6.67. The lowest BCUT2D eigenvalue weighted by Crippen LogP contribution is -2.46. The first-order valence-corrected chi connectivity index (χ1v) is 20.5. The molecule has 6 amide bonds. The quantitative estimate of drug-likeness (QED) is 0.107. The van der Waals surface area contributed by atoms with E-state index in [0.29, 0.717) is 25.9 Å². The van der Waals surface area contributed by atoms with Gasteiger partial charge in [0.05, 0.1) is 0 Å². The molecular weight excluding hydrogens is 532 g/mol. The van der Waals surface area contributed by atoms with Crippen LogP contribution in [0.5, 0.6) is 0 Å². The maximum atomic E-state index is 12.2. The molecule has 0 aliphatic rings. The van der Waals surface area contributed by atoms with Gasteiger partial charge in [0.15, 0.2) is 16.6 Å². The third-order valence-electron chi connectivity index (χ3n) is 6.10. The molecule has 0 aromatic carbocycles. The van der Waals surface area contributed by atoms with E-state index in [1.165, 1.54) is 13.8 Å². The van der Waals surface area contributed by atoms with Gasteiger partial charge in [0, 0.05) is 51.1 Å². The van der Waals surface area contributed by atoms with Crippen molar-refractivity contribution in [1.82, 2.24) is 31.9 Å². The predicted molar refractivity (Wildman–Crippen MR) is 163 cm³/mol. The summed E-state index contributed by atoms with van der Waals surface area (Å²) >= 11 is 0. The van der Waals surface area contributed by atoms with Crippen molar-refractivity contribution in [3.63, 3.8) is 0 Å². The molecule has 13 heteroatoms. The molecule has 39 heavy (non-hydrogen) atoms. The summed E-state index contributed by atoms with van der Waals surface area (Å²) in [6, 6.07) is 1.43. The summed E-state index contributed by atoms with van der Waals surface area (Å²) in [4.78, 5) is 46.6. The van der Waals surface area contributed by atoms with Gasteiger partial charge in [-0.2, -0.15) is 0 Å². The van der Waals surface area contributed by atoms with E-state index >= 15 is 0 Å². The van der Waals surface area contributed by atoms with E-state index in [0.717, 1.165) is 24.9 Å². The molecule has 0 radical (unpaired) electrons. The third-order valence-corrected chi connectivity index (χ3v) is 13.6. The van der Waals surface area contributed by atoms with Crippen LogP contribution in [-0.2, 0) is 13.7 Å². The van der Waals surface area contributed by atoms with Crippen LogP contribution in [0.15, 0.2) is 0 Å². The van der Waals surface area contributed by atoms with Crippen LogP contribution in [0.2, 0.25) is 38.3 Å². The van der Waals surface area contributed by atoms with Gasteiger partial charge in [-0.15, -0.1) is 0 Å². The molecule has 11 nitrogen and oxygen atoms in total. The first kappa shape index (κ1) is 36.9. The smallest absolute Gasteiger partial charge is 0.314 e. The monoisotopic (exact) mass is 588 g/mol. The van der Waals surface area contributed by atoms with Gasteiger partial charge in [0.1, 0.15) is 0 Å². The van der Waals surface area contributed by atoms with Gasteiger partial charge in [-0.25, -0.2) is 9.59 Å². The van der Waals surface area contributed by atoms with E-state index < -0.39 is 16.6 Å². The van der Waals surface area contributed by atoms with Crippen molar-refractivity contribution in [1.29, 1.82) is 0 Å². The van der Waals surface area contributed by atoms with Crippen LogP contribution in [0.3, 0.4) is 0 Å². The number of rotatable bonds is 18. The molecule has 0 aromatic rings. The lowest BCUT2D eigenvalue weighted by atomic mass is 10.1. The Morgan fingerprint density at radius 1 is 0.590 bits per heavy atom. The lowest BCUT2D eigenvalue weighted by molar-refractivity contribution is -0.120. The van der Waals surface area contributed by atoms with Gasteiger partial charge >= 0.3 is 12.1 Å². The second kappa shape index (κ2) is 18.3. The molecule has 0 bridgehead atoms. The van der Waals surface area contributed by atoms with Crippen molar-refractivity contribution in [3.05, 3.63) is 0 Å². The fourth-order valence-electron chi connectivity index (χ4n) is 4.82. The zero-order chi connectivity index (χ0) is 30.2. The third kappa shape index (κ3) is 21.4. The molecule has 6 N–H and O–H groups in total. The fraction of sp³-hybridized carbons (Fsp3) is 0.846. The zero-order valence-electron chi connectivity index (χ0n) is 26.0. The van der Waals surface area contributed by atoms with E-state index in [-0.39, 0.29) is 48.0 Å². The molecule has 0 aromatic heterocycles. The molecule has 0 saturated carbocycles. The van der Waals surface area contributed by atoms with Crippen LogP contribution < -0.4 is 31.9 Å². The largest absolute Gasteiger partial charge is 0.455 e. The summed E-state index contributed by atoms with van der Waals surface area (Å²) in [6.45, 7) is 20.7. The SMILES string of the molecule is CC(=O)NC(C)CC(C)NC(=O)NCCC[Si](C)(C)O[Si](C)(C)CCCNC(=O)NC(C)CC(C)NC(C)=O. The fourth-order valence-corrected chi connectivity index (χ4v) is 13.7. The van der Waals surface area contributed by atoms with E-state index in [4.69, 9.17) is 4.12 Å². The first-order chi connectivity index (χ1) is 17.9. The van der Waals surface area contributed by atoms with Crippen LogP contribution in [-0.4, -0.2) is 77.8 Å². The molecular formula is C26H56N6O5Si2. The number of amides is 6. The number of urea groups is 2. The summed E-state index contributed by atoms with van der Waals surface area (Å²) in [5.74, 6) is -0.147. The lowest BCUT2D eigenvalue weighted by Gasteiger charge is -2.34. The summed E-state index contributed by atoms with van der Waals surface area (Å²) in [7, 11) is -3.78. The Balaban J connectivity index is 4.20. The molecule has 228 valence electrons. The van der Waals surface area contributed by atoms with Gasteiger partial charge in [-0.1, -0.05) is 0 Å². The van der Waals surface area contributed by atoms with Crippen molar-refractivity contribution < 1.29 is 23.3 Å². The summed E-state index contributed by atoms with van der Waals surface area (Å²) in [5.41, 5.74) is 0. The number of hydrogen-bond acceptors (Lipinski definition) is 5. The predicted octanol–water partition coefficient (Wildman–Crippen LogP) is 3.40. The molecule has 0 spiro atoms. The highest BCUT2D eigenvalue weighted by Crippen LogP contribution is 2.23. The van der Waals surface area contributed by atoms with Crippen molar-refractivity contribution in [3.8, 4) is 0 Å². The molecule has 4 atom stereocenters. The molecule has 4 unspecified atom stereocenters. The molecule has 0 aliphatic heterocycles. The number of hydrogen-bond donors (Lipinski definition) is 6. The van der Waals surface area contributed by atoms with Gasteiger partial charge in [-0.05, 0) is 91.7 Å². The highest BCUT2D eigenvalue weighted by molar-refractivity contribution is 6.84. The number of carbonyl (C=O) groups excluding carboxylic acids is 4. The first-order valence-electron chi connectivity index (χ1n) is 14.2. The minimum atomic E-state index is -1.89. The Kier molecular flexibility index (Phi) is 17.3. The molecule has 0 rings (SSSR count). The maximum absolute atomic E-state index is 12.2. The van der Waals surface area contributed by atoms with Gasteiger partial charge in [0.2, 0.25) is 11.8 Å². The van der Waals surface area contributed by atoms with Gasteiger partial charge in [0.25, 0.3) is 0 Å². The summed E-state index contributed by atoms with van der Waals surface area (Å²) in [5, 5.41) is 17.3. The van der Waals surface area contributed by atoms with Crippen LogP contribution in [0.25, 0.3) is 0 Å². The van der Waals surface area contributed by atoms with Crippen LogP contribution in [0.1, 0.15) is 67.2 Å². The van der Waals surface area contributed by atoms with Crippen LogP contribution >= 0.6 is 0 Å². The Morgan fingerprint density at radius 3 is 1.21 bits per heavy atom. The molecule has 0 aliphatic carbocycles. The topological polar surface area (TPSA) is 150 Å². The van der Waals surface area contributed by atoms with Crippen molar-refractivity contribution in [2.75, 3.05) is 13.1 Å². The van der Waals surface area contributed by atoms with E-state index in [9.17, 15) is 19.2 Å². The Bertz CT molecular complexity index is 722. The maximum Gasteiger partial charge on any atom is 0.314 e. The Morgan fingerprint density at radius 2 is 0.897 bits per heavy atom. The van der Waals surface area contributed by atoms with E-state index in [1.807, 2.05) is 27.7 Å². The van der Waals surface area contributed by atoms with Crippen molar-refractivity contribution >= 4 is 40.5 Å². The van der Waals surface area contributed by atoms with Gasteiger partial charge < -0.3 is 36.0 Å². The second-order valence-electron chi connectivity index (χ2n) is 12.1. The molecule has 0 heterocycles. The number of carbonyl (C=O) groups is 4.